The van der Waals surface area contributed by atoms with Crippen LogP contribution < -0.4 is 5.32 Å². The molecule has 0 amide bonds. The average Bonchev–Trinajstić information content (AvgIpc) is 2.46. The Morgan fingerprint density at radius 2 is 2.08 bits per heavy atom. The smallest absolute Gasteiger partial charge is 0.306 e. The lowest BCUT2D eigenvalue weighted by Crippen LogP contribution is -2.57. The van der Waals surface area contributed by atoms with Crippen molar-refractivity contribution < 1.29 is 13.2 Å². The third-order valence-corrected chi connectivity index (χ3v) is 3.27. The lowest BCUT2D eigenvalue weighted by molar-refractivity contribution is -0.205. The van der Waals surface area contributed by atoms with E-state index in [1.54, 1.807) is 0 Å². The van der Waals surface area contributed by atoms with Gasteiger partial charge in [-0.15, -0.1) is 0 Å². The van der Waals surface area contributed by atoms with Crippen molar-refractivity contribution in [2.24, 2.45) is 5.92 Å². The molecule has 1 nitrogen and oxygen atoms in total. The van der Waals surface area contributed by atoms with Crippen molar-refractivity contribution in [1.82, 2.24) is 5.32 Å². The summed E-state index contributed by atoms with van der Waals surface area (Å²) in [5, 5.41) is 2.49. The highest BCUT2D eigenvalue weighted by molar-refractivity contribution is 5.03. The van der Waals surface area contributed by atoms with Gasteiger partial charge in [-0.1, -0.05) is 19.8 Å². The predicted octanol–water partition coefficient (Wildman–Crippen LogP) is 2.72. The number of alkyl halides is 3. The van der Waals surface area contributed by atoms with Crippen molar-refractivity contribution in [2.75, 3.05) is 7.05 Å². The topological polar surface area (TPSA) is 12.0 Å². The maximum absolute atomic E-state index is 12.8. The van der Waals surface area contributed by atoms with Crippen LogP contribution in [-0.2, 0) is 0 Å². The van der Waals surface area contributed by atoms with Crippen LogP contribution in [0, 0.1) is 5.92 Å². The number of nitrogens with one attached hydrogen (secondary N) is 1. The summed E-state index contributed by atoms with van der Waals surface area (Å²) in [7, 11) is 1.42. The summed E-state index contributed by atoms with van der Waals surface area (Å²) >= 11 is 0. The van der Waals surface area contributed by atoms with Crippen molar-refractivity contribution in [3.63, 3.8) is 0 Å². The van der Waals surface area contributed by atoms with Gasteiger partial charge in [0, 0.05) is 0 Å². The molecule has 2 atom stereocenters. The lowest BCUT2D eigenvalue weighted by atomic mass is 9.84. The van der Waals surface area contributed by atoms with Crippen LogP contribution in [0.3, 0.4) is 0 Å². The Bertz CT molecular complexity index is 178. The zero-order valence-electron chi connectivity index (χ0n) is 8.04. The molecule has 0 aromatic heterocycles. The Kier molecular flexibility index (Phi) is 2.90. The summed E-state index contributed by atoms with van der Waals surface area (Å²) in [6.45, 7) is 1.83. The first-order valence-electron chi connectivity index (χ1n) is 4.73. The molecule has 0 saturated heterocycles. The van der Waals surface area contributed by atoms with Crippen molar-refractivity contribution in [3.05, 3.63) is 0 Å². The summed E-state index contributed by atoms with van der Waals surface area (Å²) in [5.41, 5.74) is -1.61. The molecule has 0 aliphatic heterocycles. The van der Waals surface area contributed by atoms with Crippen LogP contribution in [0.1, 0.15) is 32.6 Å². The molecule has 0 radical (unpaired) electrons. The molecule has 1 saturated carbocycles. The summed E-state index contributed by atoms with van der Waals surface area (Å²) in [6.07, 6.45) is -1.92. The fourth-order valence-electron chi connectivity index (χ4n) is 2.47. The second-order valence-electron chi connectivity index (χ2n) is 3.72. The van der Waals surface area contributed by atoms with E-state index in [-0.39, 0.29) is 12.3 Å². The summed E-state index contributed by atoms with van der Waals surface area (Å²) < 4.78 is 38.4. The summed E-state index contributed by atoms with van der Waals surface area (Å²) in [5.74, 6) is -0.252. The third-order valence-electron chi connectivity index (χ3n) is 3.27. The van der Waals surface area contributed by atoms with E-state index in [9.17, 15) is 13.2 Å². The standard InChI is InChI=1S/C9H16F3N/c1-3-7-5-4-6-8(7,13-2)9(10,11)12/h7,13H,3-6H2,1-2H3. The number of hydrogen-bond acceptors (Lipinski definition) is 1. The van der Waals surface area contributed by atoms with Crippen molar-refractivity contribution in [2.45, 2.75) is 44.3 Å². The molecule has 13 heavy (non-hydrogen) atoms. The van der Waals surface area contributed by atoms with E-state index in [0.717, 1.165) is 0 Å². The second-order valence-corrected chi connectivity index (χ2v) is 3.72. The Morgan fingerprint density at radius 3 is 2.38 bits per heavy atom. The average molecular weight is 195 g/mol. The van der Waals surface area contributed by atoms with Gasteiger partial charge in [-0.3, -0.25) is 0 Å². The number of hydrogen-bond donors (Lipinski definition) is 1. The SMILES string of the molecule is CCC1CCCC1(NC)C(F)(F)F. The van der Waals surface area contributed by atoms with Crippen LogP contribution in [0.5, 0.6) is 0 Å². The first kappa shape index (κ1) is 10.8. The predicted molar refractivity (Wildman–Crippen MR) is 45.5 cm³/mol. The van der Waals surface area contributed by atoms with Crippen molar-refractivity contribution in [1.29, 1.82) is 0 Å². The summed E-state index contributed by atoms with van der Waals surface area (Å²) in [6, 6.07) is 0. The molecule has 0 aromatic rings. The Hall–Kier alpha value is -0.250. The third kappa shape index (κ3) is 1.56. The molecule has 0 spiro atoms. The number of halogens is 3. The largest absolute Gasteiger partial charge is 0.406 e. The van der Waals surface area contributed by atoms with Crippen molar-refractivity contribution >= 4 is 0 Å². The van der Waals surface area contributed by atoms with Crippen LogP contribution >= 0.6 is 0 Å². The minimum absolute atomic E-state index is 0.228. The molecule has 1 aliphatic rings. The molecular weight excluding hydrogens is 179 g/mol. The Balaban J connectivity index is 2.91. The van der Waals surface area contributed by atoms with Gasteiger partial charge in [-0.2, -0.15) is 13.2 Å². The molecular formula is C9H16F3N. The normalized spacial score (nSPS) is 35.3. The van der Waals surface area contributed by atoms with Crippen LogP contribution in [0.15, 0.2) is 0 Å². The monoisotopic (exact) mass is 195 g/mol. The molecule has 0 bridgehead atoms. The zero-order chi connectivity index (χ0) is 10.1. The van der Waals surface area contributed by atoms with E-state index < -0.39 is 11.7 Å². The highest BCUT2D eigenvalue weighted by Gasteiger charge is 2.59. The minimum Gasteiger partial charge on any atom is -0.306 e. The maximum Gasteiger partial charge on any atom is 0.406 e. The molecule has 0 aromatic carbocycles. The molecule has 1 rings (SSSR count). The molecule has 78 valence electrons. The highest BCUT2D eigenvalue weighted by Crippen LogP contribution is 2.47. The van der Waals surface area contributed by atoms with Gasteiger partial charge < -0.3 is 5.32 Å². The first-order chi connectivity index (χ1) is 5.98. The van der Waals surface area contributed by atoms with E-state index in [4.69, 9.17) is 0 Å². The van der Waals surface area contributed by atoms with Gasteiger partial charge >= 0.3 is 6.18 Å². The number of rotatable bonds is 2. The van der Waals surface area contributed by atoms with Gasteiger partial charge in [-0.25, -0.2) is 0 Å². The fourth-order valence-corrected chi connectivity index (χ4v) is 2.47. The van der Waals surface area contributed by atoms with E-state index in [2.05, 4.69) is 5.32 Å². The van der Waals surface area contributed by atoms with E-state index in [0.29, 0.717) is 19.3 Å². The van der Waals surface area contributed by atoms with Gasteiger partial charge in [0.2, 0.25) is 0 Å². The van der Waals surface area contributed by atoms with Crippen LogP contribution in [0.2, 0.25) is 0 Å². The van der Waals surface area contributed by atoms with E-state index in [1.807, 2.05) is 6.92 Å². The minimum atomic E-state index is -4.11. The molecule has 1 N–H and O–H groups in total. The Labute approximate surface area is 76.7 Å². The van der Waals surface area contributed by atoms with Gasteiger partial charge in [0.15, 0.2) is 0 Å². The Morgan fingerprint density at radius 1 is 1.46 bits per heavy atom. The zero-order valence-corrected chi connectivity index (χ0v) is 8.04. The highest BCUT2D eigenvalue weighted by atomic mass is 19.4. The maximum atomic E-state index is 12.8. The molecule has 1 aliphatic carbocycles. The van der Waals surface area contributed by atoms with Gasteiger partial charge in [0.1, 0.15) is 5.54 Å². The van der Waals surface area contributed by atoms with Gasteiger partial charge in [-0.05, 0) is 25.8 Å². The van der Waals surface area contributed by atoms with Crippen molar-refractivity contribution in [3.8, 4) is 0 Å². The molecule has 0 heterocycles. The van der Waals surface area contributed by atoms with E-state index in [1.165, 1.54) is 7.05 Å². The first-order valence-corrected chi connectivity index (χ1v) is 4.73. The molecule has 2 unspecified atom stereocenters. The van der Waals surface area contributed by atoms with E-state index >= 15 is 0 Å². The summed E-state index contributed by atoms with van der Waals surface area (Å²) in [4.78, 5) is 0. The van der Waals surface area contributed by atoms with Gasteiger partial charge in [0.25, 0.3) is 0 Å². The van der Waals surface area contributed by atoms with Crippen LogP contribution in [0.4, 0.5) is 13.2 Å². The van der Waals surface area contributed by atoms with Gasteiger partial charge in [0.05, 0.1) is 0 Å². The van der Waals surface area contributed by atoms with Crippen LogP contribution in [-0.4, -0.2) is 18.8 Å². The molecule has 4 heteroatoms. The molecule has 1 fully saturated rings. The lowest BCUT2D eigenvalue weighted by Gasteiger charge is -2.36. The second kappa shape index (κ2) is 3.48. The fraction of sp³-hybridized carbons (Fsp3) is 1.00. The van der Waals surface area contributed by atoms with Crippen LogP contribution in [0.25, 0.3) is 0 Å². The quantitative estimate of drug-likeness (QED) is 0.714.